The van der Waals surface area contributed by atoms with Crippen LogP contribution in [0.3, 0.4) is 0 Å². The van der Waals surface area contributed by atoms with Gasteiger partial charge in [0.1, 0.15) is 17.3 Å². The molecule has 31 heavy (non-hydrogen) atoms. The molecule has 8 heteroatoms. The van der Waals surface area contributed by atoms with Crippen molar-refractivity contribution in [1.29, 1.82) is 5.26 Å². The van der Waals surface area contributed by atoms with Crippen LogP contribution in [0.5, 0.6) is 11.5 Å². The smallest absolute Gasteiger partial charge is 0.295 e. The third-order valence-electron chi connectivity index (χ3n) is 4.75. The lowest BCUT2D eigenvalue weighted by molar-refractivity contribution is -0.112. The monoisotopic (exact) mass is 418 g/mol. The average molecular weight is 418 g/mol. The topological polar surface area (TPSA) is 109 Å². The molecule has 0 saturated carbocycles. The van der Waals surface area contributed by atoms with Crippen molar-refractivity contribution in [2.45, 2.75) is 13.8 Å². The Morgan fingerprint density at radius 2 is 1.97 bits per heavy atom. The van der Waals surface area contributed by atoms with E-state index in [0.717, 1.165) is 0 Å². The van der Waals surface area contributed by atoms with Gasteiger partial charge in [0.05, 0.1) is 18.0 Å². The van der Waals surface area contributed by atoms with E-state index < -0.39 is 11.5 Å². The Kier molecular flexibility index (Phi) is 6.26. The molecule has 0 spiro atoms. The van der Waals surface area contributed by atoms with Crippen LogP contribution in [0.1, 0.15) is 18.2 Å². The average Bonchev–Trinajstić information content (AvgIpc) is 2.98. The fourth-order valence-electron chi connectivity index (χ4n) is 3.10. The van der Waals surface area contributed by atoms with Crippen molar-refractivity contribution in [3.8, 4) is 23.3 Å². The first-order valence-electron chi connectivity index (χ1n) is 9.60. The molecule has 0 bridgehead atoms. The maximum absolute atomic E-state index is 13.0. The van der Waals surface area contributed by atoms with Crippen molar-refractivity contribution in [3.63, 3.8) is 0 Å². The highest BCUT2D eigenvalue weighted by atomic mass is 16.5. The number of para-hydroxylation sites is 1. The number of nitrogens with zero attached hydrogens (tertiary/aromatic N) is 3. The summed E-state index contributed by atoms with van der Waals surface area (Å²) in [4.78, 5) is 25.7. The van der Waals surface area contributed by atoms with Gasteiger partial charge in [-0.2, -0.15) is 5.26 Å². The number of amides is 1. The second-order valence-electron chi connectivity index (χ2n) is 6.72. The zero-order chi connectivity index (χ0) is 22.5. The van der Waals surface area contributed by atoms with Gasteiger partial charge in [-0.3, -0.25) is 14.3 Å². The van der Waals surface area contributed by atoms with Crippen LogP contribution in [0, 0.1) is 18.3 Å². The molecule has 0 fully saturated rings. The molecule has 0 aliphatic heterocycles. The first-order valence-corrected chi connectivity index (χ1v) is 9.60. The number of aromatic nitrogens is 2. The van der Waals surface area contributed by atoms with Crippen LogP contribution >= 0.6 is 0 Å². The molecule has 3 rings (SSSR count). The molecule has 0 radical (unpaired) electrons. The Morgan fingerprint density at radius 1 is 1.26 bits per heavy atom. The summed E-state index contributed by atoms with van der Waals surface area (Å²) >= 11 is 0. The van der Waals surface area contributed by atoms with E-state index in [1.54, 1.807) is 43.8 Å². The number of carbonyl (C=O) groups is 1. The summed E-state index contributed by atoms with van der Waals surface area (Å²) in [7, 11) is 1.71. The summed E-state index contributed by atoms with van der Waals surface area (Å²) in [6.45, 7) is 3.84. The summed E-state index contributed by atoms with van der Waals surface area (Å²) in [6.07, 6.45) is 1.37. The van der Waals surface area contributed by atoms with Crippen LogP contribution in [-0.2, 0) is 11.8 Å². The van der Waals surface area contributed by atoms with Gasteiger partial charge in [-0.1, -0.05) is 24.3 Å². The summed E-state index contributed by atoms with van der Waals surface area (Å²) < 4.78 is 8.40. The highest BCUT2D eigenvalue weighted by Crippen LogP contribution is 2.28. The second kappa shape index (κ2) is 9.05. The van der Waals surface area contributed by atoms with E-state index in [0.29, 0.717) is 23.6 Å². The molecule has 0 unspecified atom stereocenters. The number of benzene rings is 2. The van der Waals surface area contributed by atoms with Crippen LogP contribution in [0.4, 0.5) is 5.69 Å². The van der Waals surface area contributed by atoms with Crippen molar-refractivity contribution in [2.75, 3.05) is 11.9 Å². The minimum atomic E-state index is -0.709. The normalized spacial score (nSPS) is 11.1. The fourth-order valence-corrected chi connectivity index (χ4v) is 3.10. The van der Waals surface area contributed by atoms with E-state index in [9.17, 15) is 20.0 Å². The first kappa shape index (κ1) is 21.5. The SMILES string of the molecule is CCOc1cc(C=C(C#N)C(=O)Nc2c(C)n(C)n(-c3ccccc3)c2=O)ccc1O. The molecule has 158 valence electrons. The summed E-state index contributed by atoms with van der Waals surface area (Å²) in [6, 6.07) is 15.4. The number of hydrogen-bond acceptors (Lipinski definition) is 5. The van der Waals surface area contributed by atoms with E-state index in [1.165, 1.54) is 22.9 Å². The zero-order valence-corrected chi connectivity index (χ0v) is 17.4. The van der Waals surface area contributed by atoms with Gasteiger partial charge in [-0.25, -0.2) is 4.68 Å². The second-order valence-corrected chi connectivity index (χ2v) is 6.72. The van der Waals surface area contributed by atoms with Crippen LogP contribution in [0.15, 0.2) is 58.9 Å². The summed E-state index contributed by atoms with van der Waals surface area (Å²) in [5, 5.41) is 21.9. The molecular formula is C23H22N4O4. The number of anilines is 1. The Bertz CT molecular complexity index is 1250. The Hall–Kier alpha value is -4.25. The summed E-state index contributed by atoms with van der Waals surface area (Å²) in [5.74, 6) is -0.499. The number of rotatable bonds is 6. The third-order valence-corrected chi connectivity index (χ3v) is 4.75. The lowest BCUT2D eigenvalue weighted by Gasteiger charge is -2.07. The quantitative estimate of drug-likeness (QED) is 0.472. The molecule has 0 aliphatic carbocycles. The standard InChI is InChI=1S/C23H22N4O4/c1-4-31-20-13-16(10-11-19(20)28)12-17(14-24)22(29)25-21-15(2)26(3)27(23(21)30)18-8-6-5-7-9-18/h5-13,28H,4H2,1-3H3,(H,25,29). The number of ether oxygens (including phenoxy) is 1. The summed E-state index contributed by atoms with van der Waals surface area (Å²) in [5.41, 5.74) is 1.20. The number of phenols is 1. The van der Waals surface area contributed by atoms with E-state index in [1.807, 2.05) is 24.3 Å². The van der Waals surface area contributed by atoms with Gasteiger partial charge < -0.3 is 15.2 Å². The maximum Gasteiger partial charge on any atom is 0.295 e. The molecule has 2 N–H and O–H groups in total. The number of carbonyl (C=O) groups excluding carboxylic acids is 1. The lowest BCUT2D eigenvalue weighted by atomic mass is 10.1. The van der Waals surface area contributed by atoms with Crippen molar-refractivity contribution < 1.29 is 14.6 Å². The predicted molar refractivity (Wildman–Crippen MR) is 117 cm³/mol. The van der Waals surface area contributed by atoms with Crippen molar-refractivity contribution in [3.05, 3.63) is 75.7 Å². The number of aromatic hydroxyl groups is 1. The minimum absolute atomic E-state index is 0.0386. The molecule has 2 aromatic carbocycles. The molecule has 0 atom stereocenters. The minimum Gasteiger partial charge on any atom is -0.504 e. The molecule has 1 amide bonds. The van der Waals surface area contributed by atoms with Crippen molar-refractivity contribution in [2.24, 2.45) is 7.05 Å². The van der Waals surface area contributed by atoms with Gasteiger partial charge in [0, 0.05) is 7.05 Å². The predicted octanol–water partition coefficient (Wildman–Crippen LogP) is 3.13. The number of nitriles is 1. The van der Waals surface area contributed by atoms with Gasteiger partial charge in [-0.15, -0.1) is 0 Å². The van der Waals surface area contributed by atoms with E-state index >= 15 is 0 Å². The Morgan fingerprint density at radius 3 is 2.61 bits per heavy atom. The largest absolute Gasteiger partial charge is 0.504 e. The number of nitrogens with one attached hydrogen (secondary N) is 1. The molecule has 0 aliphatic rings. The molecule has 1 heterocycles. The van der Waals surface area contributed by atoms with E-state index in [-0.39, 0.29) is 22.8 Å². The van der Waals surface area contributed by atoms with Crippen LogP contribution < -0.4 is 15.6 Å². The zero-order valence-electron chi connectivity index (χ0n) is 17.4. The molecule has 0 saturated heterocycles. The van der Waals surface area contributed by atoms with Gasteiger partial charge in [0.2, 0.25) is 0 Å². The lowest BCUT2D eigenvalue weighted by Crippen LogP contribution is -2.23. The van der Waals surface area contributed by atoms with Gasteiger partial charge in [0.25, 0.3) is 11.5 Å². The highest BCUT2D eigenvalue weighted by molar-refractivity contribution is 6.09. The van der Waals surface area contributed by atoms with Gasteiger partial charge in [0.15, 0.2) is 11.5 Å². The first-order chi connectivity index (χ1) is 14.9. The maximum atomic E-state index is 13.0. The highest BCUT2D eigenvalue weighted by Gasteiger charge is 2.20. The van der Waals surface area contributed by atoms with Crippen molar-refractivity contribution in [1.82, 2.24) is 9.36 Å². The van der Waals surface area contributed by atoms with Crippen LogP contribution in [-0.4, -0.2) is 27.0 Å². The Labute approximate surface area is 179 Å². The Balaban J connectivity index is 1.94. The van der Waals surface area contributed by atoms with E-state index in [4.69, 9.17) is 4.74 Å². The number of phenolic OH excluding ortho intramolecular Hbond substituents is 1. The molecule has 8 nitrogen and oxygen atoms in total. The van der Waals surface area contributed by atoms with E-state index in [2.05, 4.69) is 5.32 Å². The van der Waals surface area contributed by atoms with Crippen LogP contribution in [0.2, 0.25) is 0 Å². The number of hydrogen-bond donors (Lipinski definition) is 2. The fraction of sp³-hybridized carbons (Fsp3) is 0.174. The molecule has 1 aromatic heterocycles. The van der Waals surface area contributed by atoms with Crippen molar-refractivity contribution >= 4 is 17.7 Å². The molecular weight excluding hydrogens is 396 g/mol. The third kappa shape index (κ3) is 4.36. The van der Waals surface area contributed by atoms with Gasteiger partial charge >= 0.3 is 0 Å². The van der Waals surface area contributed by atoms with Crippen LogP contribution in [0.25, 0.3) is 11.8 Å². The molecule has 3 aromatic rings. The van der Waals surface area contributed by atoms with Gasteiger partial charge in [-0.05, 0) is 49.8 Å².